The van der Waals surface area contributed by atoms with Gasteiger partial charge < -0.3 is 5.32 Å². The summed E-state index contributed by atoms with van der Waals surface area (Å²) in [6, 6.07) is 0.262. The SMILES string of the molecule is CC1(C2CC2)CC(=O)N(C2CCNC2)O1. The van der Waals surface area contributed by atoms with E-state index in [2.05, 4.69) is 12.2 Å². The highest BCUT2D eigenvalue weighted by Crippen LogP contribution is 2.47. The van der Waals surface area contributed by atoms with Gasteiger partial charge in [-0.2, -0.15) is 0 Å². The average molecular weight is 210 g/mol. The predicted molar refractivity (Wildman–Crippen MR) is 55.0 cm³/mol. The van der Waals surface area contributed by atoms with Crippen molar-refractivity contribution in [3.05, 3.63) is 0 Å². The molecule has 2 heterocycles. The van der Waals surface area contributed by atoms with Gasteiger partial charge in [0, 0.05) is 6.54 Å². The van der Waals surface area contributed by atoms with Gasteiger partial charge in [-0.3, -0.25) is 9.63 Å². The average Bonchev–Trinajstić information content (AvgIpc) is 2.84. The Morgan fingerprint density at radius 3 is 2.87 bits per heavy atom. The molecule has 3 fully saturated rings. The summed E-state index contributed by atoms with van der Waals surface area (Å²) < 4.78 is 0. The number of carbonyl (C=O) groups is 1. The largest absolute Gasteiger partial charge is 0.315 e. The molecular weight excluding hydrogens is 192 g/mol. The quantitative estimate of drug-likeness (QED) is 0.728. The zero-order valence-electron chi connectivity index (χ0n) is 9.16. The van der Waals surface area contributed by atoms with Crippen molar-refractivity contribution in [1.82, 2.24) is 10.4 Å². The molecule has 0 aromatic rings. The van der Waals surface area contributed by atoms with Gasteiger partial charge in [-0.05, 0) is 38.6 Å². The zero-order valence-corrected chi connectivity index (χ0v) is 9.16. The van der Waals surface area contributed by atoms with Crippen LogP contribution in [0.1, 0.15) is 32.6 Å². The van der Waals surface area contributed by atoms with Crippen LogP contribution in [0.2, 0.25) is 0 Å². The molecule has 1 amide bonds. The first-order valence-corrected chi connectivity index (χ1v) is 5.91. The third-order valence-electron chi connectivity index (χ3n) is 3.86. The van der Waals surface area contributed by atoms with E-state index in [4.69, 9.17) is 4.84 Å². The van der Waals surface area contributed by atoms with Crippen molar-refractivity contribution in [2.45, 2.75) is 44.2 Å². The Bertz CT molecular complexity index is 284. The number of nitrogens with one attached hydrogen (secondary N) is 1. The molecule has 0 bridgehead atoms. The lowest BCUT2D eigenvalue weighted by Gasteiger charge is -2.27. The van der Waals surface area contributed by atoms with Crippen molar-refractivity contribution < 1.29 is 9.63 Å². The lowest BCUT2D eigenvalue weighted by atomic mass is 9.97. The van der Waals surface area contributed by atoms with Crippen molar-refractivity contribution in [3.63, 3.8) is 0 Å². The van der Waals surface area contributed by atoms with E-state index in [1.807, 2.05) is 0 Å². The van der Waals surface area contributed by atoms with Gasteiger partial charge in [-0.1, -0.05) is 0 Å². The minimum Gasteiger partial charge on any atom is -0.315 e. The van der Waals surface area contributed by atoms with Gasteiger partial charge in [0.1, 0.15) is 5.60 Å². The van der Waals surface area contributed by atoms with E-state index in [0.29, 0.717) is 12.3 Å². The number of amides is 1. The standard InChI is InChI=1S/C11H18N2O2/c1-11(8-2-3-8)6-10(14)13(15-11)9-4-5-12-7-9/h8-9,12H,2-7H2,1H3. The summed E-state index contributed by atoms with van der Waals surface area (Å²) >= 11 is 0. The van der Waals surface area contributed by atoms with E-state index in [0.717, 1.165) is 19.5 Å². The fourth-order valence-corrected chi connectivity index (χ4v) is 2.72. The second-order valence-electron chi connectivity index (χ2n) is 5.22. The second kappa shape index (κ2) is 3.19. The highest BCUT2D eigenvalue weighted by atomic mass is 16.7. The second-order valence-corrected chi connectivity index (χ2v) is 5.22. The Morgan fingerprint density at radius 2 is 2.27 bits per heavy atom. The van der Waals surface area contributed by atoms with Crippen molar-refractivity contribution in [2.75, 3.05) is 13.1 Å². The Labute approximate surface area is 89.9 Å². The topological polar surface area (TPSA) is 41.6 Å². The van der Waals surface area contributed by atoms with Crippen LogP contribution in [-0.4, -0.2) is 35.7 Å². The van der Waals surface area contributed by atoms with Gasteiger partial charge in [0.15, 0.2) is 0 Å². The van der Waals surface area contributed by atoms with Crippen molar-refractivity contribution >= 4 is 5.91 Å². The molecule has 0 aromatic carbocycles. The van der Waals surface area contributed by atoms with Gasteiger partial charge in [-0.25, -0.2) is 5.06 Å². The molecule has 1 aliphatic carbocycles. The van der Waals surface area contributed by atoms with Gasteiger partial charge >= 0.3 is 0 Å². The van der Waals surface area contributed by atoms with Gasteiger partial charge in [0.05, 0.1) is 12.5 Å². The van der Waals surface area contributed by atoms with Crippen LogP contribution in [0.4, 0.5) is 0 Å². The molecule has 84 valence electrons. The van der Waals surface area contributed by atoms with Crippen molar-refractivity contribution in [1.29, 1.82) is 0 Å². The van der Waals surface area contributed by atoms with Crippen LogP contribution in [-0.2, 0) is 9.63 Å². The first kappa shape index (κ1) is 9.60. The summed E-state index contributed by atoms with van der Waals surface area (Å²) in [5.74, 6) is 0.791. The summed E-state index contributed by atoms with van der Waals surface area (Å²) in [5.41, 5.74) is -0.195. The predicted octanol–water partition coefficient (Wildman–Crippen LogP) is 0.681. The summed E-state index contributed by atoms with van der Waals surface area (Å²) in [6.07, 6.45) is 4.04. The van der Waals surface area contributed by atoms with Crippen molar-refractivity contribution in [3.8, 4) is 0 Å². The Hall–Kier alpha value is -0.610. The smallest absolute Gasteiger partial charge is 0.249 e. The molecule has 1 saturated carbocycles. The van der Waals surface area contributed by atoms with Crippen LogP contribution >= 0.6 is 0 Å². The lowest BCUT2D eigenvalue weighted by Crippen LogP contribution is -2.38. The van der Waals surface area contributed by atoms with Crippen LogP contribution in [0.5, 0.6) is 0 Å². The normalized spacial score (nSPS) is 41.5. The number of hydrogen-bond acceptors (Lipinski definition) is 3. The van der Waals surface area contributed by atoms with Gasteiger partial charge in [-0.15, -0.1) is 0 Å². The molecule has 3 aliphatic rings. The number of nitrogens with zero attached hydrogens (tertiary/aromatic N) is 1. The number of hydrogen-bond donors (Lipinski definition) is 1. The molecule has 1 N–H and O–H groups in total. The molecule has 0 spiro atoms. The number of carbonyl (C=O) groups excluding carboxylic acids is 1. The van der Waals surface area contributed by atoms with Crippen LogP contribution < -0.4 is 5.32 Å². The minimum atomic E-state index is -0.195. The molecule has 0 radical (unpaired) electrons. The maximum absolute atomic E-state index is 11.9. The van der Waals surface area contributed by atoms with E-state index >= 15 is 0 Å². The van der Waals surface area contributed by atoms with Gasteiger partial charge in [0.25, 0.3) is 0 Å². The van der Waals surface area contributed by atoms with Crippen LogP contribution in [0, 0.1) is 5.92 Å². The summed E-state index contributed by atoms with van der Waals surface area (Å²) in [7, 11) is 0. The number of hydroxylamine groups is 2. The fraction of sp³-hybridized carbons (Fsp3) is 0.909. The van der Waals surface area contributed by atoms with Crippen LogP contribution in [0.15, 0.2) is 0 Å². The molecule has 2 aliphatic heterocycles. The minimum absolute atomic E-state index is 0.179. The van der Waals surface area contributed by atoms with Crippen LogP contribution in [0.3, 0.4) is 0 Å². The summed E-state index contributed by atoms with van der Waals surface area (Å²) in [5, 5.41) is 4.92. The highest BCUT2D eigenvalue weighted by molar-refractivity contribution is 5.78. The Morgan fingerprint density at radius 1 is 1.47 bits per heavy atom. The van der Waals surface area contributed by atoms with Crippen LogP contribution in [0.25, 0.3) is 0 Å². The Balaban J connectivity index is 1.72. The summed E-state index contributed by atoms with van der Waals surface area (Å²) in [4.78, 5) is 17.8. The molecule has 0 aromatic heterocycles. The third kappa shape index (κ3) is 1.56. The molecule has 4 nitrogen and oxygen atoms in total. The Kier molecular flexibility index (Phi) is 2.04. The molecule has 3 rings (SSSR count). The molecule has 2 unspecified atom stereocenters. The molecule has 4 heteroatoms. The highest BCUT2D eigenvalue weighted by Gasteiger charge is 2.52. The van der Waals surface area contributed by atoms with E-state index < -0.39 is 0 Å². The van der Waals surface area contributed by atoms with Crippen molar-refractivity contribution in [2.24, 2.45) is 5.92 Å². The maximum atomic E-state index is 11.9. The van der Waals surface area contributed by atoms with E-state index in [1.165, 1.54) is 12.8 Å². The van der Waals surface area contributed by atoms with Gasteiger partial charge in [0.2, 0.25) is 5.91 Å². The third-order valence-corrected chi connectivity index (χ3v) is 3.86. The first-order chi connectivity index (χ1) is 7.19. The molecule has 2 atom stereocenters. The first-order valence-electron chi connectivity index (χ1n) is 5.91. The molecule has 2 saturated heterocycles. The fourth-order valence-electron chi connectivity index (χ4n) is 2.72. The van der Waals surface area contributed by atoms with E-state index in [1.54, 1.807) is 5.06 Å². The maximum Gasteiger partial charge on any atom is 0.249 e. The summed E-state index contributed by atoms with van der Waals surface area (Å²) in [6.45, 7) is 3.97. The number of rotatable bonds is 2. The molecule has 15 heavy (non-hydrogen) atoms. The molecular formula is C11H18N2O2. The monoisotopic (exact) mass is 210 g/mol. The van der Waals surface area contributed by atoms with E-state index in [-0.39, 0.29) is 17.6 Å². The lowest BCUT2D eigenvalue weighted by molar-refractivity contribution is -0.214. The van der Waals surface area contributed by atoms with E-state index in [9.17, 15) is 4.79 Å². The zero-order chi connectivity index (χ0) is 10.5.